The molecule has 25 heavy (non-hydrogen) atoms. The molecule has 2 atom stereocenters. The van der Waals surface area contributed by atoms with E-state index in [9.17, 15) is 4.79 Å². The third kappa shape index (κ3) is 5.42. The number of halogens is 1. The van der Waals surface area contributed by atoms with Crippen LogP contribution in [0.2, 0.25) is 0 Å². The molecule has 0 saturated carbocycles. The van der Waals surface area contributed by atoms with Crippen LogP contribution in [-0.2, 0) is 16.1 Å². The molecule has 2 N–H and O–H groups in total. The van der Waals surface area contributed by atoms with Crippen molar-refractivity contribution in [1.82, 2.24) is 5.32 Å². The van der Waals surface area contributed by atoms with Gasteiger partial charge in [0.25, 0.3) is 5.91 Å². The average Bonchev–Trinajstić information content (AvgIpc) is 3.25. The smallest absolute Gasteiger partial charge is 0.275 e. The number of hydrogen-bond acceptors (Lipinski definition) is 3. The molecule has 6 heteroatoms. The van der Waals surface area contributed by atoms with Gasteiger partial charge in [-0.3, -0.25) is 4.79 Å². The van der Waals surface area contributed by atoms with Gasteiger partial charge in [-0.2, -0.15) is 0 Å². The molecule has 1 fully saturated rings. The monoisotopic (exact) mass is 407 g/mol. The molecule has 0 spiro atoms. The minimum Gasteiger partial charge on any atom is -0.455 e. The maximum atomic E-state index is 12.0. The molecule has 1 saturated heterocycles. The third-order valence-corrected chi connectivity index (χ3v) is 4.81. The van der Waals surface area contributed by atoms with Crippen LogP contribution in [0.3, 0.4) is 0 Å². The minimum absolute atomic E-state index is 0.0488. The zero-order chi connectivity index (χ0) is 17.6. The van der Waals surface area contributed by atoms with Crippen LogP contribution in [-0.4, -0.2) is 38.8 Å². The summed E-state index contributed by atoms with van der Waals surface area (Å²) in [6, 6.07) is 12.0. The highest BCUT2D eigenvalue weighted by Gasteiger charge is 2.18. The Labute approximate surface area is 156 Å². The number of rotatable bonds is 7. The molecule has 5 nitrogen and oxygen atoms in total. The van der Waals surface area contributed by atoms with Gasteiger partial charge < -0.3 is 19.4 Å². The summed E-state index contributed by atoms with van der Waals surface area (Å²) < 4.78 is 12.5. The van der Waals surface area contributed by atoms with Gasteiger partial charge in [-0.1, -0.05) is 28.1 Å². The van der Waals surface area contributed by atoms with E-state index < -0.39 is 0 Å². The van der Waals surface area contributed by atoms with E-state index in [-0.39, 0.29) is 12.0 Å². The van der Waals surface area contributed by atoms with Crippen molar-refractivity contribution < 1.29 is 18.8 Å². The first-order valence-corrected chi connectivity index (χ1v) is 9.44. The molecular weight excluding hydrogens is 384 g/mol. The lowest BCUT2D eigenvalue weighted by atomic mass is 10.2. The van der Waals surface area contributed by atoms with Crippen LogP contribution >= 0.6 is 15.9 Å². The van der Waals surface area contributed by atoms with Gasteiger partial charge in [0.15, 0.2) is 12.3 Å². The summed E-state index contributed by atoms with van der Waals surface area (Å²) >= 11 is 3.43. The highest BCUT2D eigenvalue weighted by atomic mass is 79.9. The molecule has 0 radical (unpaired) electrons. The van der Waals surface area contributed by atoms with Crippen molar-refractivity contribution in [3.8, 4) is 11.3 Å². The summed E-state index contributed by atoms with van der Waals surface area (Å²) in [7, 11) is 1.99. The Balaban J connectivity index is 1.46. The van der Waals surface area contributed by atoms with E-state index in [4.69, 9.17) is 9.15 Å². The second-order valence-electron chi connectivity index (χ2n) is 6.52. The van der Waals surface area contributed by atoms with Crippen molar-refractivity contribution in [2.45, 2.75) is 25.5 Å². The molecule has 1 amide bonds. The Morgan fingerprint density at radius 3 is 2.80 bits per heavy atom. The fourth-order valence-electron chi connectivity index (χ4n) is 2.97. The van der Waals surface area contributed by atoms with Crippen LogP contribution in [0.25, 0.3) is 11.3 Å². The molecule has 0 bridgehead atoms. The van der Waals surface area contributed by atoms with E-state index in [2.05, 4.69) is 21.2 Å². The highest BCUT2D eigenvalue weighted by Crippen LogP contribution is 2.23. The highest BCUT2D eigenvalue weighted by molar-refractivity contribution is 9.10. The number of carbonyl (C=O) groups is 1. The van der Waals surface area contributed by atoms with Gasteiger partial charge in [0, 0.05) is 23.2 Å². The van der Waals surface area contributed by atoms with Crippen LogP contribution in [0.5, 0.6) is 0 Å². The quantitative estimate of drug-likeness (QED) is 0.737. The van der Waals surface area contributed by atoms with Gasteiger partial charge in [-0.15, -0.1) is 0 Å². The molecular formula is C19H24BrN2O3+. The largest absolute Gasteiger partial charge is 0.455 e. The first-order chi connectivity index (χ1) is 12.1. The predicted molar refractivity (Wildman–Crippen MR) is 99.3 cm³/mol. The van der Waals surface area contributed by atoms with Crippen LogP contribution in [0.1, 0.15) is 18.6 Å². The third-order valence-electron chi connectivity index (χ3n) is 4.28. The zero-order valence-electron chi connectivity index (χ0n) is 14.4. The van der Waals surface area contributed by atoms with Gasteiger partial charge in [0.1, 0.15) is 12.3 Å². The lowest BCUT2D eigenvalue weighted by Crippen LogP contribution is -3.08. The van der Waals surface area contributed by atoms with Crippen molar-refractivity contribution >= 4 is 21.8 Å². The lowest BCUT2D eigenvalue weighted by Gasteiger charge is -2.14. The average molecular weight is 408 g/mol. The lowest BCUT2D eigenvalue weighted by molar-refractivity contribution is -0.886. The summed E-state index contributed by atoms with van der Waals surface area (Å²) in [6.07, 6.45) is 2.31. The zero-order valence-corrected chi connectivity index (χ0v) is 16.0. The Kier molecular flexibility index (Phi) is 6.29. The maximum Gasteiger partial charge on any atom is 0.275 e. The van der Waals surface area contributed by atoms with E-state index >= 15 is 0 Å². The number of ether oxygens (including phenoxy) is 1. The number of carbonyl (C=O) groups excluding carboxylic acids is 1. The van der Waals surface area contributed by atoms with E-state index in [0.717, 1.165) is 45.9 Å². The fraction of sp³-hybridized carbons (Fsp3) is 0.421. The number of quaternary nitrogens is 1. The number of amides is 1. The molecule has 134 valence electrons. The molecule has 2 aromatic rings. The van der Waals surface area contributed by atoms with Crippen LogP contribution in [0.15, 0.2) is 45.3 Å². The van der Waals surface area contributed by atoms with Crippen LogP contribution in [0.4, 0.5) is 0 Å². The Morgan fingerprint density at radius 1 is 1.28 bits per heavy atom. The Morgan fingerprint density at radius 2 is 2.08 bits per heavy atom. The molecule has 0 aliphatic carbocycles. The van der Waals surface area contributed by atoms with Crippen molar-refractivity contribution in [1.29, 1.82) is 0 Å². The molecule has 1 aliphatic heterocycles. The number of hydrogen-bond donors (Lipinski definition) is 2. The van der Waals surface area contributed by atoms with Gasteiger partial charge in [0.05, 0.1) is 13.2 Å². The van der Waals surface area contributed by atoms with Gasteiger partial charge >= 0.3 is 0 Å². The Bertz CT molecular complexity index is 693. The summed E-state index contributed by atoms with van der Waals surface area (Å²) in [5.41, 5.74) is 1.04. The SMILES string of the molecule is C[NH+](CC(=O)NC[C@H]1CCCO1)Cc1ccc(-c2ccc(Br)cc2)o1. The van der Waals surface area contributed by atoms with Crippen LogP contribution in [0, 0.1) is 0 Å². The van der Waals surface area contributed by atoms with Gasteiger partial charge in [-0.05, 0) is 37.1 Å². The van der Waals surface area contributed by atoms with E-state index in [0.29, 0.717) is 19.6 Å². The second-order valence-corrected chi connectivity index (χ2v) is 7.44. The minimum atomic E-state index is 0.0488. The number of furan rings is 1. The van der Waals surface area contributed by atoms with Crippen molar-refractivity contribution in [2.75, 3.05) is 26.7 Å². The van der Waals surface area contributed by atoms with Gasteiger partial charge in [0.2, 0.25) is 0 Å². The van der Waals surface area contributed by atoms with E-state index in [1.54, 1.807) is 0 Å². The first-order valence-electron chi connectivity index (χ1n) is 8.64. The first kappa shape index (κ1) is 18.2. The maximum absolute atomic E-state index is 12.0. The molecule has 1 unspecified atom stereocenters. The number of benzene rings is 1. The molecule has 3 rings (SSSR count). The molecule has 1 aromatic heterocycles. The normalized spacial score (nSPS) is 18.2. The number of nitrogens with one attached hydrogen (secondary N) is 2. The standard InChI is InChI=1S/C19H23BrN2O3/c1-22(13-19(23)21-11-16-3-2-10-24-16)12-17-8-9-18(25-17)14-4-6-15(20)7-5-14/h4-9,16H,2-3,10-13H2,1H3,(H,21,23)/p+1/t16-/m1/s1. The predicted octanol–water partition coefficient (Wildman–Crippen LogP) is 2.02. The summed E-state index contributed by atoms with van der Waals surface area (Å²) in [6.45, 7) is 2.51. The summed E-state index contributed by atoms with van der Waals surface area (Å²) in [5, 5.41) is 2.96. The van der Waals surface area contributed by atoms with Crippen molar-refractivity contribution in [3.63, 3.8) is 0 Å². The molecule has 1 aliphatic rings. The summed E-state index contributed by atoms with van der Waals surface area (Å²) in [5.74, 6) is 1.77. The molecule has 2 heterocycles. The molecule has 1 aromatic carbocycles. The van der Waals surface area contributed by atoms with E-state index in [1.165, 1.54) is 0 Å². The van der Waals surface area contributed by atoms with Gasteiger partial charge in [-0.25, -0.2) is 0 Å². The topological polar surface area (TPSA) is 55.9 Å². The Hall–Kier alpha value is -1.63. The number of likely N-dealkylation sites (N-methyl/N-ethyl adjacent to an activating group) is 1. The summed E-state index contributed by atoms with van der Waals surface area (Å²) in [4.78, 5) is 13.1. The van der Waals surface area contributed by atoms with E-state index in [1.807, 2.05) is 43.4 Å². The van der Waals surface area contributed by atoms with Crippen molar-refractivity contribution in [2.24, 2.45) is 0 Å². The fourth-order valence-corrected chi connectivity index (χ4v) is 3.24. The van der Waals surface area contributed by atoms with Crippen LogP contribution < -0.4 is 10.2 Å². The second kappa shape index (κ2) is 8.65. The van der Waals surface area contributed by atoms with Crippen molar-refractivity contribution in [3.05, 3.63) is 46.6 Å².